The third kappa shape index (κ3) is 3.34. The fourth-order valence-corrected chi connectivity index (χ4v) is 3.34. The SMILES string of the molecule is CC(C)c1ccc(C(C)NC(=O)c2nn3c(c2Br)OCCC3)cc1. The van der Waals surface area contributed by atoms with Crippen LogP contribution in [0.4, 0.5) is 0 Å². The van der Waals surface area contributed by atoms with Gasteiger partial charge >= 0.3 is 0 Å². The molecule has 1 N–H and O–H groups in total. The summed E-state index contributed by atoms with van der Waals surface area (Å²) >= 11 is 3.44. The number of ether oxygens (including phenoxy) is 1. The Balaban J connectivity index is 1.73. The summed E-state index contributed by atoms with van der Waals surface area (Å²) in [5, 5.41) is 7.38. The van der Waals surface area contributed by atoms with Gasteiger partial charge in [0.25, 0.3) is 5.91 Å². The van der Waals surface area contributed by atoms with E-state index in [0.717, 1.165) is 18.5 Å². The molecule has 1 aromatic heterocycles. The van der Waals surface area contributed by atoms with Crippen molar-refractivity contribution in [2.75, 3.05) is 6.61 Å². The van der Waals surface area contributed by atoms with Gasteiger partial charge in [0, 0.05) is 13.0 Å². The maximum Gasteiger partial charge on any atom is 0.273 e. The quantitative estimate of drug-likeness (QED) is 0.855. The summed E-state index contributed by atoms with van der Waals surface area (Å²) in [7, 11) is 0. The molecule has 1 aromatic carbocycles. The number of aromatic nitrogens is 2. The van der Waals surface area contributed by atoms with Crippen molar-refractivity contribution in [2.24, 2.45) is 0 Å². The van der Waals surface area contributed by atoms with Gasteiger partial charge in [-0.2, -0.15) is 5.10 Å². The highest BCUT2D eigenvalue weighted by Crippen LogP contribution is 2.31. The minimum absolute atomic E-state index is 0.0924. The van der Waals surface area contributed by atoms with Gasteiger partial charge in [-0.05, 0) is 39.9 Å². The van der Waals surface area contributed by atoms with E-state index >= 15 is 0 Å². The first-order valence-electron chi connectivity index (χ1n) is 8.27. The first kappa shape index (κ1) is 17.0. The molecule has 0 fully saturated rings. The number of hydrogen-bond acceptors (Lipinski definition) is 3. The highest BCUT2D eigenvalue weighted by atomic mass is 79.9. The van der Waals surface area contributed by atoms with Crippen molar-refractivity contribution in [2.45, 2.75) is 45.7 Å². The molecule has 6 heteroatoms. The summed E-state index contributed by atoms with van der Waals surface area (Å²) in [6.07, 6.45) is 0.904. The van der Waals surface area contributed by atoms with Crippen LogP contribution in [0.25, 0.3) is 0 Å². The molecule has 2 aromatic rings. The lowest BCUT2D eigenvalue weighted by atomic mass is 9.99. The lowest BCUT2D eigenvalue weighted by molar-refractivity contribution is 0.0933. The van der Waals surface area contributed by atoms with Gasteiger partial charge in [-0.25, -0.2) is 4.68 Å². The van der Waals surface area contributed by atoms with Crippen molar-refractivity contribution in [3.8, 4) is 5.88 Å². The number of nitrogens with one attached hydrogen (secondary N) is 1. The maximum absolute atomic E-state index is 12.6. The number of rotatable bonds is 4. The van der Waals surface area contributed by atoms with Gasteiger partial charge in [0.05, 0.1) is 12.6 Å². The van der Waals surface area contributed by atoms with E-state index in [-0.39, 0.29) is 11.9 Å². The zero-order chi connectivity index (χ0) is 17.3. The van der Waals surface area contributed by atoms with Gasteiger partial charge in [0.2, 0.25) is 5.88 Å². The molecule has 0 saturated carbocycles. The lowest BCUT2D eigenvalue weighted by Gasteiger charge is -2.15. The summed E-state index contributed by atoms with van der Waals surface area (Å²) in [5.74, 6) is 0.935. The maximum atomic E-state index is 12.6. The molecular weight excluding hydrogens is 370 g/mol. The van der Waals surface area contributed by atoms with Gasteiger partial charge in [0.15, 0.2) is 5.69 Å². The topological polar surface area (TPSA) is 56.2 Å². The van der Waals surface area contributed by atoms with Crippen LogP contribution in [0.2, 0.25) is 0 Å². The van der Waals surface area contributed by atoms with Crippen molar-refractivity contribution in [1.82, 2.24) is 15.1 Å². The molecule has 3 rings (SSSR count). The average Bonchev–Trinajstić information content (AvgIpc) is 2.92. The molecule has 128 valence electrons. The molecule has 0 saturated heterocycles. The molecule has 1 aliphatic rings. The standard InChI is InChI=1S/C18H22BrN3O2/c1-11(2)13-5-7-14(8-6-13)12(3)20-17(23)16-15(19)18-22(21-16)9-4-10-24-18/h5-8,11-12H,4,9-10H2,1-3H3,(H,20,23). The summed E-state index contributed by atoms with van der Waals surface area (Å²) in [6, 6.07) is 8.27. The Hall–Kier alpha value is -1.82. The van der Waals surface area contributed by atoms with Crippen LogP contribution in [-0.2, 0) is 6.54 Å². The first-order chi connectivity index (χ1) is 11.5. The molecule has 1 amide bonds. The second-order valence-electron chi connectivity index (χ2n) is 6.41. The Morgan fingerprint density at radius 3 is 2.54 bits per heavy atom. The van der Waals surface area contributed by atoms with E-state index in [4.69, 9.17) is 4.74 Å². The predicted molar refractivity (Wildman–Crippen MR) is 96.5 cm³/mol. The Kier molecular flexibility index (Phi) is 4.94. The molecule has 1 atom stereocenters. The van der Waals surface area contributed by atoms with Crippen LogP contribution in [0.5, 0.6) is 5.88 Å². The Labute approximate surface area is 150 Å². The Morgan fingerprint density at radius 1 is 1.25 bits per heavy atom. The molecule has 5 nitrogen and oxygen atoms in total. The van der Waals surface area contributed by atoms with Crippen molar-refractivity contribution in [1.29, 1.82) is 0 Å². The number of carbonyl (C=O) groups excluding carboxylic acids is 1. The number of aryl methyl sites for hydroxylation is 1. The zero-order valence-electron chi connectivity index (χ0n) is 14.2. The largest absolute Gasteiger partial charge is 0.477 e. The summed E-state index contributed by atoms with van der Waals surface area (Å²) in [4.78, 5) is 12.6. The summed E-state index contributed by atoms with van der Waals surface area (Å²) < 4.78 is 7.95. The predicted octanol–water partition coefficient (Wildman–Crippen LogP) is 4.04. The van der Waals surface area contributed by atoms with Crippen molar-refractivity contribution in [3.05, 3.63) is 45.6 Å². The number of benzene rings is 1. The van der Waals surface area contributed by atoms with Crippen LogP contribution in [0.15, 0.2) is 28.7 Å². The van der Waals surface area contributed by atoms with E-state index in [9.17, 15) is 4.79 Å². The van der Waals surface area contributed by atoms with E-state index in [2.05, 4.69) is 64.5 Å². The number of halogens is 1. The smallest absolute Gasteiger partial charge is 0.273 e. The number of nitrogens with zero attached hydrogens (tertiary/aromatic N) is 2. The number of carbonyl (C=O) groups is 1. The van der Waals surface area contributed by atoms with Crippen LogP contribution in [0.3, 0.4) is 0 Å². The molecular formula is C18H22BrN3O2. The van der Waals surface area contributed by atoms with E-state index in [1.165, 1.54) is 5.56 Å². The van der Waals surface area contributed by atoms with Crippen LogP contribution in [-0.4, -0.2) is 22.3 Å². The molecule has 1 aliphatic heterocycles. The summed E-state index contributed by atoms with van der Waals surface area (Å²) in [5.41, 5.74) is 2.74. The minimum Gasteiger partial charge on any atom is -0.477 e. The van der Waals surface area contributed by atoms with E-state index < -0.39 is 0 Å². The van der Waals surface area contributed by atoms with E-state index in [1.807, 2.05) is 6.92 Å². The molecule has 0 bridgehead atoms. The van der Waals surface area contributed by atoms with E-state index in [1.54, 1.807) is 4.68 Å². The van der Waals surface area contributed by atoms with Crippen LogP contribution in [0, 0.1) is 0 Å². The van der Waals surface area contributed by atoms with Crippen LogP contribution in [0.1, 0.15) is 60.8 Å². The van der Waals surface area contributed by atoms with E-state index in [0.29, 0.717) is 28.6 Å². The number of amides is 1. The van der Waals surface area contributed by atoms with Gasteiger partial charge in [0.1, 0.15) is 4.47 Å². The van der Waals surface area contributed by atoms with Crippen LogP contribution < -0.4 is 10.1 Å². The average molecular weight is 392 g/mol. The van der Waals surface area contributed by atoms with Crippen molar-refractivity contribution < 1.29 is 9.53 Å². The summed E-state index contributed by atoms with van der Waals surface area (Å²) in [6.45, 7) is 7.74. The third-order valence-electron chi connectivity index (χ3n) is 4.27. The molecule has 0 spiro atoms. The molecule has 0 aliphatic carbocycles. The monoisotopic (exact) mass is 391 g/mol. The lowest BCUT2D eigenvalue weighted by Crippen LogP contribution is -2.27. The Morgan fingerprint density at radius 2 is 1.92 bits per heavy atom. The highest BCUT2D eigenvalue weighted by Gasteiger charge is 2.25. The Bertz CT molecular complexity index is 737. The highest BCUT2D eigenvalue weighted by molar-refractivity contribution is 9.10. The van der Waals surface area contributed by atoms with Gasteiger partial charge < -0.3 is 10.1 Å². The molecule has 1 unspecified atom stereocenters. The van der Waals surface area contributed by atoms with Gasteiger partial charge in [-0.1, -0.05) is 38.1 Å². The third-order valence-corrected chi connectivity index (χ3v) is 4.98. The second-order valence-corrected chi connectivity index (χ2v) is 7.20. The molecule has 0 radical (unpaired) electrons. The van der Waals surface area contributed by atoms with Crippen LogP contribution >= 0.6 is 15.9 Å². The molecule has 24 heavy (non-hydrogen) atoms. The number of fused-ring (bicyclic) bond motifs is 1. The van der Waals surface area contributed by atoms with Crippen molar-refractivity contribution >= 4 is 21.8 Å². The zero-order valence-corrected chi connectivity index (χ0v) is 15.8. The minimum atomic E-state index is -0.201. The first-order valence-corrected chi connectivity index (χ1v) is 9.06. The van der Waals surface area contributed by atoms with Gasteiger partial charge in [-0.3, -0.25) is 4.79 Å². The van der Waals surface area contributed by atoms with Gasteiger partial charge in [-0.15, -0.1) is 0 Å². The fourth-order valence-electron chi connectivity index (χ4n) is 2.76. The number of hydrogen-bond donors (Lipinski definition) is 1. The normalized spacial score (nSPS) is 14.9. The molecule has 2 heterocycles. The van der Waals surface area contributed by atoms with Crippen molar-refractivity contribution in [3.63, 3.8) is 0 Å². The second kappa shape index (κ2) is 6.97. The fraction of sp³-hybridized carbons (Fsp3) is 0.444.